The maximum Gasteiger partial charge on any atom is 0.347 e. The lowest BCUT2D eigenvalue weighted by Gasteiger charge is -2.25. The van der Waals surface area contributed by atoms with Crippen molar-refractivity contribution < 1.29 is 14.3 Å². The predicted octanol–water partition coefficient (Wildman–Crippen LogP) is 10.2. The summed E-state index contributed by atoms with van der Waals surface area (Å²) in [4.78, 5) is 13.1. The molecule has 0 radical (unpaired) electrons. The molecule has 0 bridgehead atoms. The molecule has 202 valence electrons. The highest BCUT2D eigenvalue weighted by Gasteiger charge is 2.27. The molecule has 3 aromatic carbocycles. The molecule has 0 fully saturated rings. The maximum absolute atomic E-state index is 13.1. The molecule has 0 aliphatic carbocycles. The number of esters is 1. The Bertz CT molecular complexity index is 1100. The average molecular weight is 505 g/mol. The second-order valence-electron chi connectivity index (χ2n) is 11.5. The van der Waals surface area contributed by atoms with E-state index in [0.717, 1.165) is 29.4 Å². The van der Waals surface area contributed by atoms with Gasteiger partial charge in [-0.15, -0.1) is 0 Å². The van der Waals surface area contributed by atoms with Crippen molar-refractivity contribution in [1.82, 2.24) is 0 Å². The summed E-state index contributed by atoms with van der Waals surface area (Å²) in [6.45, 7) is 8.01. The quantitative estimate of drug-likeness (QED) is 0.111. The first-order valence-corrected chi connectivity index (χ1v) is 14.7. The molecule has 0 aliphatic heterocycles. The van der Waals surface area contributed by atoms with Gasteiger partial charge in [0.05, 0.1) is 0 Å². The summed E-state index contributed by atoms with van der Waals surface area (Å²) in [7, 11) is 0. The Morgan fingerprint density at radius 2 is 1.24 bits per heavy atom. The summed E-state index contributed by atoms with van der Waals surface area (Å²) in [5, 5.41) is 4.52. The number of fused-ring (bicyclic) bond motifs is 2. The Labute approximate surface area is 224 Å². The number of ether oxygens (including phenoxy) is 2. The fourth-order valence-electron chi connectivity index (χ4n) is 4.96. The molecule has 0 N–H and O–H groups in total. The summed E-state index contributed by atoms with van der Waals surface area (Å²) >= 11 is 0. The number of unbranched alkanes of at least 4 members (excludes halogenated alkanes) is 11. The molecular formula is C34H48O3. The van der Waals surface area contributed by atoms with E-state index in [1.165, 1.54) is 75.0 Å². The zero-order valence-electron chi connectivity index (χ0n) is 23.7. The number of carbonyl (C=O) groups is 1. The lowest BCUT2D eigenvalue weighted by atomic mass is 10.0. The highest BCUT2D eigenvalue weighted by molar-refractivity contribution is 6.01. The number of carbonyl (C=O) groups excluding carboxylic acids is 1. The topological polar surface area (TPSA) is 35.5 Å². The van der Waals surface area contributed by atoms with Crippen molar-refractivity contribution in [3.63, 3.8) is 0 Å². The monoisotopic (exact) mass is 504 g/mol. The van der Waals surface area contributed by atoms with Crippen LogP contribution in [0, 0.1) is 0 Å². The Balaban J connectivity index is 1.54. The molecule has 3 rings (SSSR count). The molecule has 3 aromatic rings. The highest BCUT2D eigenvalue weighted by atomic mass is 16.6. The van der Waals surface area contributed by atoms with Gasteiger partial charge in [0.2, 0.25) is 0 Å². The van der Waals surface area contributed by atoms with Gasteiger partial charge in [-0.05, 0) is 68.0 Å². The van der Waals surface area contributed by atoms with Crippen molar-refractivity contribution in [2.45, 2.75) is 123 Å². The van der Waals surface area contributed by atoms with Gasteiger partial charge in [0.25, 0.3) is 0 Å². The van der Waals surface area contributed by atoms with Crippen LogP contribution in [0.4, 0.5) is 0 Å². The van der Waals surface area contributed by atoms with Crippen LogP contribution < -0.4 is 4.74 Å². The van der Waals surface area contributed by atoms with E-state index in [1.807, 2.05) is 32.9 Å². The molecule has 1 atom stereocenters. The maximum atomic E-state index is 13.1. The number of hydrogen-bond donors (Lipinski definition) is 0. The summed E-state index contributed by atoms with van der Waals surface area (Å²) < 4.78 is 12.2. The average Bonchev–Trinajstić information content (AvgIpc) is 2.86. The van der Waals surface area contributed by atoms with Crippen molar-refractivity contribution in [1.29, 1.82) is 0 Å². The van der Waals surface area contributed by atoms with E-state index in [-0.39, 0.29) is 5.97 Å². The van der Waals surface area contributed by atoms with Crippen molar-refractivity contribution >= 4 is 27.5 Å². The predicted molar refractivity (Wildman–Crippen MR) is 157 cm³/mol. The van der Waals surface area contributed by atoms with Crippen LogP contribution in [0.5, 0.6) is 5.75 Å². The van der Waals surface area contributed by atoms with Crippen LogP contribution >= 0.6 is 0 Å². The minimum Gasteiger partial charge on any atom is -0.478 e. The zero-order valence-corrected chi connectivity index (χ0v) is 23.7. The van der Waals surface area contributed by atoms with Crippen LogP contribution in [0.15, 0.2) is 54.6 Å². The molecule has 1 unspecified atom stereocenters. The van der Waals surface area contributed by atoms with E-state index in [9.17, 15) is 4.79 Å². The van der Waals surface area contributed by atoms with Crippen molar-refractivity contribution in [3.05, 3.63) is 54.6 Å². The number of benzene rings is 3. The van der Waals surface area contributed by atoms with Crippen LogP contribution in [0.25, 0.3) is 21.5 Å². The second kappa shape index (κ2) is 15.0. The first-order chi connectivity index (χ1) is 17.9. The molecule has 0 heterocycles. The van der Waals surface area contributed by atoms with Gasteiger partial charge in [-0.1, -0.05) is 114 Å². The Kier molecular flexibility index (Phi) is 11.8. The summed E-state index contributed by atoms with van der Waals surface area (Å²) in [6, 6.07) is 18.8. The lowest BCUT2D eigenvalue weighted by molar-refractivity contribution is -0.163. The van der Waals surface area contributed by atoms with Gasteiger partial charge in [-0.25, -0.2) is 4.79 Å². The van der Waals surface area contributed by atoms with Gasteiger partial charge in [-0.3, -0.25) is 0 Å². The van der Waals surface area contributed by atoms with Crippen LogP contribution in [0.2, 0.25) is 0 Å². The first kappa shape index (κ1) is 29.0. The van der Waals surface area contributed by atoms with E-state index in [2.05, 4.69) is 49.4 Å². The normalized spacial score (nSPS) is 12.6. The van der Waals surface area contributed by atoms with Crippen LogP contribution in [0.3, 0.4) is 0 Å². The molecule has 0 amide bonds. The smallest absolute Gasteiger partial charge is 0.347 e. The third kappa shape index (κ3) is 10.0. The Morgan fingerprint density at radius 3 is 1.84 bits per heavy atom. The summed E-state index contributed by atoms with van der Waals surface area (Å²) in [6.07, 6.45) is 15.6. The number of hydrogen-bond acceptors (Lipinski definition) is 3. The SMILES string of the molecule is CCCCCCCCCCCCCCC(Oc1cccc2cc3ccccc3cc12)C(=O)OC(C)(C)C. The van der Waals surface area contributed by atoms with Crippen molar-refractivity contribution in [2.24, 2.45) is 0 Å². The van der Waals surface area contributed by atoms with E-state index >= 15 is 0 Å². The highest BCUT2D eigenvalue weighted by Crippen LogP contribution is 2.31. The summed E-state index contributed by atoms with van der Waals surface area (Å²) in [5.41, 5.74) is -0.538. The Hall–Kier alpha value is -2.55. The first-order valence-electron chi connectivity index (χ1n) is 14.7. The van der Waals surface area contributed by atoms with Gasteiger partial charge in [0, 0.05) is 5.39 Å². The molecule has 37 heavy (non-hydrogen) atoms. The number of rotatable bonds is 16. The van der Waals surface area contributed by atoms with Crippen LogP contribution in [0.1, 0.15) is 111 Å². The lowest BCUT2D eigenvalue weighted by Crippen LogP contribution is -2.35. The minimum absolute atomic E-state index is 0.270. The van der Waals surface area contributed by atoms with Gasteiger partial charge >= 0.3 is 5.97 Å². The van der Waals surface area contributed by atoms with Crippen LogP contribution in [-0.2, 0) is 9.53 Å². The third-order valence-electron chi connectivity index (χ3n) is 6.97. The van der Waals surface area contributed by atoms with E-state index in [4.69, 9.17) is 9.47 Å². The van der Waals surface area contributed by atoms with Crippen LogP contribution in [-0.4, -0.2) is 17.7 Å². The fraction of sp³-hybridized carbons (Fsp3) is 0.559. The third-order valence-corrected chi connectivity index (χ3v) is 6.97. The molecule has 0 saturated heterocycles. The van der Waals surface area contributed by atoms with Crippen molar-refractivity contribution in [2.75, 3.05) is 0 Å². The largest absolute Gasteiger partial charge is 0.478 e. The molecule has 0 saturated carbocycles. The second-order valence-corrected chi connectivity index (χ2v) is 11.5. The molecule has 0 aromatic heterocycles. The summed E-state index contributed by atoms with van der Waals surface area (Å²) in [5.74, 6) is 0.478. The van der Waals surface area contributed by atoms with Gasteiger partial charge in [-0.2, -0.15) is 0 Å². The van der Waals surface area contributed by atoms with Gasteiger partial charge < -0.3 is 9.47 Å². The van der Waals surface area contributed by atoms with Crippen molar-refractivity contribution in [3.8, 4) is 5.75 Å². The minimum atomic E-state index is -0.598. The van der Waals surface area contributed by atoms with Gasteiger partial charge in [0.1, 0.15) is 11.4 Å². The molecule has 3 nitrogen and oxygen atoms in total. The zero-order chi connectivity index (χ0) is 26.5. The van der Waals surface area contributed by atoms with E-state index < -0.39 is 11.7 Å². The molecule has 3 heteroatoms. The van der Waals surface area contributed by atoms with Gasteiger partial charge in [0.15, 0.2) is 6.10 Å². The standard InChI is InChI=1S/C34H48O3/c1-5-6-7-8-9-10-11-12-13-14-15-16-23-32(33(35)37-34(2,3)4)36-31-24-19-22-29-25-27-20-17-18-21-28(27)26-30(29)31/h17-22,24-26,32H,5-16,23H2,1-4H3. The van der Waals surface area contributed by atoms with E-state index in [1.54, 1.807) is 0 Å². The molecule has 0 aliphatic rings. The van der Waals surface area contributed by atoms with E-state index in [0.29, 0.717) is 6.42 Å². The molecule has 0 spiro atoms. The molecular weight excluding hydrogens is 456 g/mol. The Morgan fingerprint density at radius 1 is 0.703 bits per heavy atom. The fourth-order valence-corrected chi connectivity index (χ4v) is 4.96.